The van der Waals surface area contributed by atoms with E-state index in [4.69, 9.17) is 16.0 Å². The Morgan fingerprint density at radius 1 is 1.03 bits per heavy atom. The number of carbonyl (C=O) groups excluding carboxylic acids is 1. The van der Waals surface area contributed by atoms with Gasteiger partial charge in [-0.3, -0.25) is 4.79 Å². The number of amides is 1. The fourth-order valence-corrected chi connectivity index (χ4v) is 3.21. The molecule has 0 aliphatic heterocycles. The lowest BCUT2D eigenvalue weighted by atomic mass is 10.1. The van der Waals surface area contributed by atoms with Crippen molar-refractivity contribution in [2.75, 3.05) is 10.6 Å². The highest BCUT2D eigenvalue weighted by Crippen LogP contribution is 2.25. The quantitative estimate of drug-likeness (QED) is 0.393. The summed E-state index contributed by atoms with van der Waals surface area (Å²) >= 11 is 6.05. The van der Waals surface area contributed by atoms with Crippen LogP contribution in [-0.4, -0.2) is 10.9 Å². The van der Waals surface area contributed by atoms with E-state index in [1.54, 1.807) is 18.3 Å². The second kappa shape index (κ2) is 8.84. The number of oxazole rings is 1. The molecule has 0 fully saturated rings. The second-order valence-corrected chi connectivity index (χ2v) is 7.27. The summed E-state index contributed by atoms with van der Waals surface area (Å²) in [5, 5.41) is 6.90. The predicted octanol–water partition coefficient (Wildman–Crippen LogP) is 6.17. The zero-order valence-electron chi connectivity index (χ0n) is 16.4. The summed E-state index contributed by atoms with van der Waals surface area (Å²) in [5.74, 6) is 1.07. The molecule has 6 heteroatoms. The SMILES string of the molecule is Cc1ccc(NC(=O)c2ccccc2)cc1NCc1ncc(-c2cccc(Cl)c2)o1. The highest BCUT2D eigenvalue weighted by atomic mass is 35.5. The van der Waals surface area contributed by atoms with E-state index in [0.717, 1.165) is 16.8 Å². The van der Waals surface area contributed by atoms with Crippen molar-refractivity contribution in [2.24, 2.45) is 0 Å². The van der Waals surface area contributed by atoms with Crippen LogP contribution < -0.4 is 10.6 Å². The minimum atomic E-state index is -0.149. The molecule has 1 amide bonds. The van der Waals surface area contributed by atoms with E-state index in [9.17, 15) is 4.79 Å². The number of benzene rings is 3. The van der Waals surface area contributed by atoms with E-state index in [-0.39, 0.29) is 5.91 Å². The Kier molecular flexibility index (Phi) is 5.82. The fraction of sp³-hybridized carbons (Fsp3) is 0.0833. The molecule has 0 bridgehead atoms. The van der Waals surface area contributed by atoms with Gasteiger partial charge in [-0.1, -0.05) is 48.0 Å². The number of carbonyl (C=O) groups is 1. The molecule has 0 spiro atoms. The average Bonchev–Trinajstić information content (AvgIpc) is 3.24. The smallest absolute Gasteiger partial charge is 0.255 e. The second-order valence-electron chi connectivity index (χ2n) is 6.83. The van der Waals surface area contributed by atoms with Crippen molar-refractivity contribution in [1.82, 2.24) is 4.98 Å². The number of rotatable bonds is 6. The monoisotopic (exact) mass is 417 g/mol. The van der Waals surface area contributed by atoms with Crippen molar-refractivity contribution in [3.05, 3.63) is 101 Å². The molecular weight excluding hydrogens is 398 g/mol. The minimum Gasteiger partial charge on any atom is -0.439 e. The molecule has 0 radical (unpaired) electrons. The number of hydrogen-bond donors (Lipinski definition) is 2. The van der Waals surface area contributed by atoms with Gasteiger partial charge in [0.1, 0.15) is 0 Å². The summed E-state index contributed by atoms with van der Waals surface area (Å²) in [6.07, 6.45) is 1.69. The van der Waals surface area contributed by atoms with E-state index in [1.807, 2.05) is 67.6 Å². The summed E-state index contributed by atoms with van der Waals surface area (Å²) < 4.78 is 5.84. The Balaban J connectivity index is 1.44. The minimum absolute atomic E-state index is 0.149. The number of nitrogens with zero attached hydrogens (tertiary/aromatic N) is 1. The van der Waals surface area contributed by atoms with Gasteiger partial charge in [0.05, 0.1) is 12.7 Å². The Labute approximate surface area is 179 Å². The van der Waals surface area contributed by atoms with Crippen molar-refractivity contribution in [1.29, 1.82) is 0 Å². The fourth-order valence-electron chi connectivity index (χ4n) is 3.02. The zero-order valence-corrected chi connectivity index (χ0v) is 17.1. The van der Waals surface area contributed by atoms with Crippen molar-refractivity contribution in [2.45, 2.75) is 13.5 Å². The summed E-state index contributed by atoms with van der Waals surface area (Å²) in [6, 6.07) is 22.3. The Morgan fingerprint density at radius 2 is 1.87 bits per heavy atom. The number of hydrogen-bond acceptors (Lipinski definition) is 4. The summed E-state index contributed by atoms with van der Waals surface area (Å²) in [6.45, 7) is 2.41. The first-order chi connectivity index (χ1) is 14.6. The van der Waals surface area contributed by atoms with E-state index in [1.165, 1.54) is 0 Å². The highest BCUT2D eigenvalue weighted by molar-refractivity contribution is 6.30. The van der Waals surface area contributed by atoms with Crippen LogP contribution in [-0.2, 0) is 6.54 Å². The molecule has 30 heavy (non-hydrogen) atoms. The molecule has 2 N–H and O–H groups in total. The molecule has 5 nitrogen and oxygen atoms in total. The first-order valence-corrected chi connectivity index (χ1v) is 9.88. The Hall–Kier alpha value is -3.57. The van der Waals surface area contributed by atoms with Crippen LogP contribution in [0.2, 0.25) is 5.02 Å². The van der Waals surface area contributed by atoms with Gasteiger partial charge in [0, 0.05) is 27.5 Å². The lowest BCUT2D eigenvalue weighted by Gasteiger charge is -2.11. The number of aryl methyl sites for hydroxylation is 1. The van der Waals surface area contributed by atoms with Crippen LogP contribution in [0.25, 0.3) is 11.3 Å². The first kappa shape index (κ1) is 19.7. The van der Waals surface area contributed by atoms with Crippen LogP contribution in [0.15, 0.2) is 83.4 Å². The van der Waals surface area contributed by atoms with Crippen LogP contribution in [0.4, 0.5) is 11.4 Å². The maximum absolute atomic E-state index is 12.4. The van der Waals surface area contributed by atoms with Crippen molar-refractivity contribution in [3.8, 4) is 11.3 Å². The highest BCUT2D eigenvalue weighted by Gasteiger charge is 2.09. The number of anilines is 2. The number of nitrogens with one attached hydrogen (secondary N) is 2. The van der Waals surface area contributed by atoms with Crippen LogP contribution in [0, 0.1) is 6.92 Å². The van der Waals surface area contributed by atoms with E-state index in [0.29, 0.717) is 34.5 Å². The topological polar surface area (TPSA) is 67.2 Å². The zero-order chi connectivity index (χ0) is 20.9. The van der Waals surface area contributed by atoms with Crippen LogP contribution >= 0.6 is 11.6 Å². The van der Waals surface area contributed by atoms with Crippen LogP contribution in [0.5, 0.6) is 0 Å². The molecule has 1 aromatic heterocycles. The van der Waals surface area contributed by atoms with Gasteiger partial charge in [-0.2, -0.15) is 0 Å². The van der Waals surface area contributed by atoms with Crippen molar-refractivity contribution >= 4 is 28.9 Å². The van der Waals surface area contributed by atoms with Gasteiger partial charge in [-0.15, -0.1) is 0 Å². The third kappa shape index (κ3) is 4.70. The van der Waals surface area contributed by atoms with Gasteiger partial charge in [0.25, 0.3) is 5.91 Å². The maximum Gasteiger partial charge on any atom is 0.255 e. The van der Waals surface area contributed by atoms with Gasteiger partial charge < -0.3 is 15.1 Å². The maximum atomic E-state index is 12.4. The van der Waals surface area contributed by atoms with Crippen molar-refractivity contribution < 1.29 is 9.21 Å². The molecule has 4 rings (SSSR count). The predicted molar refractivity (Wildman–Crippen MR) is 120 cm³/mol. The van der Waals surface area contributed by atoms with Gasteiger partial charge in [0.2, 0.25) is 5.89 Å². The van der Waals surface area contributed by atoms with Crippen LogP contribution in [0.3, 0.4) is 0 Å². The van der Waals surface area contributed by atoms with E-state index >= 15 is 0 Å². The van der Waals surface area contributed by atoms with Gasteiger partial charge >= 0.3 is 0 Å². The lowest BCUT2D eigenvalue weighted by Crippen LogP contribution is -2.12. The summed E-state index contributed by atoms with van der Waals surface area (Å²) in [7, 11) is 0. The normalized spacial score (nSPS) is 10.6. The molecule has 4 aromatic rings. The van der Waals surface area contributed by atoms with Gasteiger partial charge in [-0.05, 0) is 48.9 Å². The molecule has 0 saturated heterocycles. The van der Waals surface area contributed by atoms with Crippen LogP contribution in [0.1, 0.15) is 21.8 Å². The Morgan fingerprint density at radius 3 is 2.67 bits per heavy atom. The van der Waals surface area contributed by atoms with E-state index in [2.05, 4.69) is 15.6 Å². The molecule has 0 unspecified atom stereocenters. The molecule has 3 aromatic carbocycles. The Bertz CT molecular complexity index is 1170. The van der Waals surface area contributed by atoms with E-state index < -0.39 is 0 Å². The van der Waals surface area contributed by atoms with Gasteiger partial charge in [-0.25, -0.2) is 4.98 Å². The third-order valence-electron chi connectivity index (χ3n) is 4.62. The number of halogens is 1. The third-order valence-corrected chi connectivity index (χ3v) is 4.86. The molecule has 1 heterocycles. The molecule has 0 aliphatic carbocycles. The standard InChI is InChI=1S/C24H20ClN3O2/c1-16-10-11-20(28-24(29)17-6-3-2-4-7-17)13-21(16)26-15-23-27-14-22(30-23)18-8-5-9-19(25)12-18/h2-14,26H,15H2,1H3,(H,28,29). The van der Waals surface area contributed by atoms with Gasteiger partial charge in [0.15, 0.2) is 5.76 Å². The number of aromatic nitrogens is 1. The molecule has 0 atom stereocenters. The molecular formula is C24H20ClN3O2. The molecule has 0 aliphatic rings. The molecule has 150 valence electrons. The molecule has 0 saturated carbocycles. The van der Waals surface area contributed by atoms with Crippen molar-refractivity contribution in [3.63, 3.8) is 0 Å². The first-order valence-electron chi connectivity index (χ1n) is 9.50. The lowest BCUT2D eigenvalue weighted by molar-refractivity contribution is 0.102. The summed E-state index contributed by atoms with van der Waals surface area (Å²) in [5.41, 5.74) is 4.14. The largest absolute Gasteiger partial charge is 0.439 e. The summed E-state index contributed by atoms with van der Waals surface area (Å²) in [4.78, 5) is 16.7. The average molecular weight is 418 g/mol.